The normalized spacial score (nSPS) is 14.6. The van der Waals surface area contributed by atoms with Crippen LogP contribution < -0.4 is 4.90 Å². The van der Waals surface area contributed by atoms with Crippen LogP contribution in [0.4, 0.5) is 11.4 Å². The Morgan fingerprint density at radius 1 is 0.840 bits per heavy atom. The number of nitrogens with zero attached hydrogens (tertiary/aromatic N) is 2. The minimum atomic E-state index is -0.191. The summed E-state index contributed by atoms with van der Waals surface area (Å²) in [6.45, 7) is 10.6. The number of hydrogen-bond acceptors (Lipinski definition) is 3. The SMILES string of the molecule is CC(C)N(C(C)C)C(C)C(=O)N1c2ccccc2Sc2ccccc21. The lowest BCUT2D eigenvalue weighted by Crippen LogP contribution is -2.51. The molecule has 0 saturated carbocycles. The van der Waals surface area contributed by atoms with Crippen molar-refractivity contribution >= 4 is 29.0 Å². The van der Waals surface area contributed by atoms with Crippen molar-refractivity contribution in [1.29, 1.82) is 0 Å². The number of amides is 1. The molecule has 0 aliphatic carbocycles. The summed E-state index contributed by atoms with van der Waals surface area (Å²) in [6.07, 6.45) is 0. The van der Waals surface area contributed by atoms with Gasteiger partial charge in [-0.3, -0.25) is 14.6 Å². The van der Waals surface area contributed by atoms with Crippen LogP contribution in [0.2, 0.25) is 0 Å². The Bertz CT molecular complexity index is 718. The topological polar surface area (TPSA) is 23.6 Å². The lowest BCUT2D eigenvalue weighted by molar-refractivity contribution is -0.124. The number of carbonyl (C=O) groups excluding carboxylic acids is 1. The van der Waals surface area contributed by atoms with Gasteiger partial charge in [0.25, 0.3) is 0 Å². The maximum absolute atomic E-state index is 13.5. The molecule has 25 heavy (non-hydrogen) atoms. The van der Waals surface area contributed by atoms with Crippen molar-refractivity contribution in [3.8, 4) is 0 Å². The number of hydrogen-bond donors (Lipinski definition) is 0. The molecule has 4 heteroatoms. The van der Waals surface area contributed by atoms with Crippen molar-refractivity contribution in [1.82, 2.24) is 4.90 Å². The first-order valence-electron chi connectivity index (χ1n) is 8.89. The van der Waals surface area contributed by atoms with Crippen molar-refractivity contribution < 1.29 is 4.79 Å². The molecule has 1 unspecified atom stereocenters. The predicted molar refractivity (Wildman–Crippen MR) is 106 cm³/mol. The minimum absolute atomic E-state index is 0.127. The molecular formula is C21H26N2OS. The molecular weight excluding hydrogens is 328 g/mol. The molecule has 0 radical (unpaired) electrons. The van der Waals surface area contributed by atoms with Gasteiger partial charge in [0.05, 0.1) is 17.4 Å². The molecule has 1 atom stereocenters. The average molecular weight is 355 g/mol. The van der Waals surface area contributed by atoms with Crippen LogP contribution in [0.15, 0.2) is 58.3 Å². The van der Waals surface area contributed by atoms with Crippen LogP contribution in [0.5, 0.6) is 0 Å². The summed E-state index contributed by atoms with van der Waals surface area (Å²) in [4.78, 5) is 20.0. The van der Waals surface area contributed by atoms with E-state index in [0.717, 1.165) is 21.2 Å². The average Bonchev–Trinajstić information content (AvgIpc) is 2.58. The van der Waals surface area contributed by atoms with Crippen LogP contribution in [-0.2, 0) is 4.79 Å². The molecule has 1 aliphatic heterocycles. The molecule has 3 nitrogen and oxygen atoms in total. The number of rotatable bonds is 4. The van der Waals surface area contributed by atoms with Crippen molar-refractivity contribution in [3.05, 3.63) is 48.5 Å². The Balaban J connectivity index is 2.05. The van der Waals surface area contributed by atoms with Crippen LogP contribution in [0.25, 0.3) is 0 Å². The predicted octanol–water partition coefficient (Wildman–Crippen LogP) is 5.32. The Kier molecular flexibility index (Phi) is 5.21. The molecule has 0 saturated heterocycles. The van der Waals surface area contributed by atoms with E-state index in [0.29, 0.717) is 12.1 Å². The van der Waals surface area contributed by atoms with E-state index in [1.54, 1.807) is 11.8 Å². The largest absolute Gasteiger partial charge is 0.287 e. The lowest BCUT2D eigenvalue weighted by atomic mass is 10.1. The number of para-hydroxylation sites is 2. The van der Waals surface area contributed by atoms with E-state index in [4.69, 9.17) is 0 Å². The standard InChI is InChI=1S/C21H26N2OS/c1-14(2)22(15(3)4)16(5)21(24)23-17-10-6-8-12-19(17)25-20-13-9-7-11-18(20)23/h6-16H,1-5H3. The number of benzene rings is 2. The van der Waals surface area contributed by atoms with Gasteiger partial charge in [-0.2, -0.15) is 0 Å². The molecule has 0 aromatic heterocycles. The summed E-state index contributed by atoms with van der Waals surface area (Å²) in [5, 5.41) is 0. The van der Waals surface area contributed by atoms with Gasteiger partial charge in [0.1, 0.15) is 0 Å². The lowest BCUT2D eigenvalue weighted by Gasteiger charge is -2.39. The molecule has 0 spiro atoms. The van der Waals surface area contributed by atoms with Gasteiger partial charge in [-0.15, -0.1) is 0 Å². The molecule has 0 fully saturated rings. The fraction of sp³-hybridized carbons (Fsp3) is 0.381. The van der Waals surface area contributed by atoms with E-state index < -0.39 is 0 Å². The van der Waals surface area contributed by atoms with Crippen molar-refractivity contribution in [3.63, 3.8) is 0 Å². The van der Waals surface area contributed by atoms with Crippen LogP contribution in [0.3, 0.4) is 0 Å². The second-order valence-electron chi connectivity index (χ2n) is 7.02. The number of fused-ring (bicyclic) bond motifs is 2. The Morgan fingerprint density at radius 2 is 1.28 bits per heavy atom. The van der Waals surface area contributed by atoms with Gasteiger partial charge < -0.3 is 0 Å². The van der Waals surface area contributed by atoms with Crippen molar-refractivity contribution in [2.45, 2.75) is 62.5 Å². The summed E-state index contributed by atoms with van der Waals surface area (Å²) < 4.78 is 0. The zero-order valence-corrected chi connectivity index (χ0v) is 16.4. The molecule has 1 amide bonds. The Morgan fingerprint density at radius 3 is 1.72 bits per heavy atom. The summed E-state index contributed by atoms with van der Waals surface area (Å²) in [7, 11) is 0. The summed E-state index contributed by atoms with van der Waals surface area (Å²) >= 11 is 1.73. The van der Waals surface area contributed by atoms with Crippen LogP contribution in [-0.4, -0.2) is 28.9 Å². The van der Waals surface area contributed by atoms with E-state index in [1.807, 2.05) is 48.2 Å². The molecule has 2 aromatic rings. The third-order valence-corrected chi connectivity index (χ3v) is 5.78. The molecule has 2 aromatic carbocycles. The van der Waals surface area contributed by atoms with Crippen molar-refractivity contribution in [2.75, 3.05) is 4.90 Å². The summed E-state index contributed by atoms with van der Waals surface area (Å²) in [5.74, 6) is 0.127. The zero-order valence-electron chi connectivity index (χ0n) is 15.6. The van der Waals surface area contributed by atoms with Gasteiger partial charge in [0, 0.05) is 21.9 Å². The van der Waals surface area contributed by atoms with Crippen LogP contribution in [0.1, 0.15) is 34.6 Å². The smallest absolute Gasteiger partial charge is 0.248 e. The van der Waals surface area contributed by atoms with E-state index in [1.165, 1.54) is 0 Å². The fourth-order valence-electron chi connectivity index (χ4n) is 3.75. The van der Waals surface area contributed by atoms with Gasteiger partial charge in [-0.05, 0) is 58.9 Å². The van der Waals surface area contributed by atoms with E-state index in [2.05, 4.69) is 44.7 Å². The maximum Gasteiger partial charge on any atom is 0.248 e. The maximum atomic E-state index is 13.5. The highest BCUT2D eigenvalue weighted by atomic mass is 32.2. The molecule has 0 N–H and O–H groups in total. The number of anilines is 2. The summed E-state index contributed by atoms with van der Waals surface area (Å²) in [5.41, 5.74) is 1.96. The van der Waals surface area contributed by atoms with Gasteiger partial charge in [0.15, 0.2) is 0 Å². The minimum Gasteiger partial charge on any atom is -0.287 e. The third kappa shape index (κ3) is 3.33. The van der Waals surface area contributed by atoms with Crippen LogP contribution >= 0.6 is 11.8 Å². The fourth-order valence-corrected chi connectivity index (χ4v) is 4.81. The van der Waals surface area contributed by atoms with E-state index in [-0.39, 0.29) is 11.9 Å². The van der Waals surface area contributed by atoms with E-state index >= 15 is 0 Å². The van der Waals surface area contributed by atoms with Gasteiger partial charge in [-0.1, -0.05) is 36.0 Å². The summed E-state index contributed by atoms with van der Waals surface area (Å²) in [6, 6.07) is 16.7. The zero-order chi connectivity index (χ0) is 18.1. The van der Waals surface area contributed by atoms with Gasteiger partial charge in [-0.25, -0.2) is 0 Å². The molecule has 1 aliphatic rings. The quantitative estimate of drug-likeness (QED) is 0.742. The highest BCUT2D eigenvalue weighted by Crippen LogP contribution is 2.48. The Hall–Kier alpha value is -1.78. The molecule has 1 heterocycles. The highest BCUT2D eigenvalue weighted by Gasteiger charge is 2.34. The Labute approximate surface area is 155 Å². The van der Waals surface area contributed by atoms with E-state index in [9.17, 15) is 4.79 Å². The molecule has 132 valence electrons. The van der Waals surface area contributed by atoms with Gasteiger partial charge in [0.2, 0.25) is 5.91 Å². The third-order valence-electron chi connectivity index (χ3n) is 4.65. The first-order chi connectivity index (χ1) is 11.9. The molecule has 0 bridgehead atoms. The second-order valence-corrected chi connectivity index (χ2v) is 8.11. The second kappa shape index (κ2) is 7.22. The molecule has 3 rings (SSSR count). The van der Waals surface area contributed by atoms with Gasteiger partial charge >= 0.3 is 0 Å². The highest BCUT2D eigenvalue weighted by molar-refractivity contribution is 7.99. The van der Waals surface area contributed by atoms with Crippen molar-refractivity contribution in [2.24, 2.45) is 0 Å². The monoisotopic (exact) mass is 354 g/mol. The first-order valence-corrected chi connectivity index (χ1v) is 9.70. The van der Waals surface area contributed by atoms with Crippen LogP contribution in [0, 0.1) is 0 Å². The number of carbonyl (C=O) groups is 1. The first kappa shape index (κ1) is 18.0.